The van der Waals surface area contributed by atoms with E-state index in [1.165, 1.54) is 7.11 Å². The third kappa shape index (κ3) is 3.39. The molecule has 0 aliphatic rings. The third-order valence-corrected chi connectivity index (χ3v) is 3.86. The first-order valence-electron chi connectivity index (χ1n) is 6.08. The summed E-state index contributed by atoms with van der Waals surface area (Å²) in [6.45, 7) is 0. The summed E-state index contributed by atoms with van der Waals surface area (Å²) in [6, 6.07) is 6.94. The molecule has 0 saturated heterocycles. The molecule has 0 fully saturated rings. The molecule has 21 heavy (non-hydrogen) atoms. The molecule has 0 aliphatic heterocycles. The Morgan fingerprint density at radius 3 is 2.52 bits per heavy atom. The fraction of sp³-hybridized carbons (Fsp3) is 0.200. The van der Waals surface area contributed by atoms with Crippen molar-refractivity contribution in [3.8, 4) is 5.75 Å². The Hall–Kier alpha value is -1.53. The number of rotatable bonds is 4. The zero-order chi connectivity index (χ0) is 15.6. The molecule has 0 saturated carbocycles. The van der Waals surface area contributed by atoms with Crippen LogP contribution in [-0.4, -0.2) is 12.2 Å². The van der Waals surface area contributed by atoms with Crippen molar-refractivity contribution in [3.05, 3.63) is 63.4 Å². The van der Waals surface area contributed by atoms with Gasteiger partial charge < -0.3 is 9.84 Å². The highest BCUT2D eigenvalue weighted by Gasteiger charge is 2.20. The molecular weight excluding hydrogens is 349 g/mol. The van der Waals surface area contributed by atoms with Crippen LogP contribution in [0.5, 0.6) is 5.75 Å². The Balaban J connectivity index is 2.30. The number of hydrogen-bond acceptors (Lipinski definition) is 2. The van der Waals surface area contributed by atoms with Crippen LogP contribution in [0.3, 0.4) is 0 Å². The molecule has 0 aliphatic carbocycles. The van der Waals surface area contributed by atoms with Gasteiger partial charge in [-0.1, -0.05) is 22.0 Å². The van der Waals surface area contributed by atoms with Gasteiger partial charge in [-0.05, 0) is 29.8 Å². The lowest BCUT2D eigenvalue weighted by Gasteiger charge is -2.14. The molecule has 0 bridgehead atoms. The van der Waals surface area contributed by atoms with E-state index in [1.807, 2.05) is 0 Å². The van der Waals surface area contributed by atoms with Gasteiger partial charge in [0.1, 0.15) is 5.75 Å². The lowest BCUT2D eigenvalue weighted by Crippen LogP contribution is -2.07. The van der Waals surface area contributed by atoms with E-state index in [0.29, 0.717) is 15.8 Å². The summed E-state index contributed by atoms with van der Waals surface area (Å²) in [5, 5.41) is 10.1. The van der Waals surface area contributed by atoms with E-state index >= 15 is 0 Å². The number of aliphatic hydroxyl groups excluding tert-OH is 1. The van der Waals surface area contributed by atoms with Crippen molar-refractivity contribution in [1.29, 1.82) is 0 Å². The van der Waals surface area contributed by atoms with Crippen molar-refractivity contribution in [2.75, 3.05) is 7.11 Å². The number of methoxy groups -OCH3 is 1. The Bertz CT molecular complexity index is 662. The predicted octanol–water partition coefficient (Wildman–Crippen LogP) is 4.15. The quantitative estimate of drug-likeness (QED) is 0.830. The number of aliphatic hydroxyl groups is 1. The van der Waals surface area contributed by atoms with E-state index in [2.05, 4.69) is 15.9 Å². The van der Waals surface area contributed by atoms with Gasteiger partial charge in [-0.25, -0.2) is 13.2 Å². The van der Waals surface area contributed by atoms with Crippen LogP contribution in [0.4, 0.5) is 13.2 Å². The van der Waals surface area contributed by atoms with Crippen LogP contribution in [0.1, 0.15) is 17.2 Å². The average Bonchev–Trinajstić information content (AvgIpc) is 2.47. The summed E-state index contributed by atoms with van der Waals surface area (Å²) in [5.41, 5.74) is 0.370. The summed E-state index contributed by atoms with van der Waals surface area (Å²) in [4.78, 5) is 0. The molecule has 6 heteroatoms. The normalized spacial score (nSPS) is 12.3. The molecule has 0 radical (unpaired) electrons. The number of ether oxygens (including phenoxy) is 1. The largest absolute Gasteiger partial charge is 0.497 e. The van der Waals surface area contributed by atoms with Crippen LogP contribution < -0.4 is 4.74 Å². The molecule has 2 aromatic carbocycles. The highest BCUT2D eigenvalue weighted by atomic mass is 79.9. The van der Waals surface area contributed by atoms with Crippen molar-refractivity contribution in [3.63, 3.8) is 0 Å². The monoisotopic (exact) mass is 360 g/mol. The van der Waals surface area contributed by atoms with E-state index in [0.717, 1.165) is 12.1 Å². The van der Waals surface area contributed by atoms with Crippen LogP contribution >= 0.6 is 15.9 Å². The van der Waals surface area contributed by atoms with Gasteiger partial charge in [-0.2, -0.15) is 0 Å². The maximum absolute atomic E-state index is 13.7. The first-order chi connectivity index (χ1) is 9.93. The van der Waals surface area contributed by atoms with Gasteiger partial charge in [0.25, 0.3) is 0 Å². The van der Waals surface area contributed by atoms with Gasteiger partial charge in [0, 0.05) is 16.5 Å². The highest BCUT2D eigenvalue weighted by Crippen LogP contribution is 2.29. The number of halogens is 4. The Kier molecular flexibility index (Phi) is 4.90. The molecule has 0 heterocycles. The molecule has 0 amide bonds. The topological polar surface area (TPSA) is 29.5 Å². The number of hydrogen-bond donors (Lipinski definition) is 1. The molecule has 1 atom stereocenters. The van der Waals surface area contributed by atoms with Gasteiger partial charge in [0.2, 0.25) is 0 Å². The first kappa shape index (κ1) is 15.9. The van der Waals surface area contributed by atoms with Crippen molar-refractivity contribution in [1.82, 2.24) is 0 Å². The van der Waals surface area contributed by atoms with Crippen LogP contribution in [0.25, 0.3) is 0 Å². The highest BCUT2D eigenvalue weighted by molar-refractivity contribution is 9.10. The maximum atomic E-state index is 13.7. The summed E-state index contributed by atoms with van der Waals surface area (Å²) in [7, 11) is 1.50. The average molecular weight is 361 g/mol. The second-order valence-corrected chi connectivity index (χ2v) is 5.30. The minimum atomic E-state index is -1.59. The fourth-order valence-corrected chi connectivity index (χ4v) is 2.36. The van der Waals surface area contributed by atoms with Crippen molar-refractivity contribution in [2.45, 2.75) is 12.5 Å². The van der Waals surface area contributed by atoms with E-state index in [-0.39, 0.29) is 12.0 Å². The van der Waals surface area contributed by atoms with E-state index in [4.69, 9.17) is 4.74 Å². The predicted molar refractivity (Wildman–Crippen MR) is 75.7 cm³/mol. The molecule has 0 aromatic heterocycles. The zero-order valence-corrected chi connectivity index (χ0v) is 12.6. The van der Waals surface area contributed by atoms with Crippen molar-refractivity contribution >= 4 is 15.9 Å². The molecule has 2 rings (SSSR count). The lowest BCUT2D eigenvalue weighted by atomic mass is 10.0. The molecule has 112 valence electrons. The van der Waals surface area contributed by atoms with Crippen molar-refractivity contribution in [2.24, 2.45) is 0 Å². The van der Waals surface area contributed by atoms with Crippen molar-refractivity contribution < 1.29 is 23.0 Å². The SMILES string of the molecule is COc1ccc(Br)c(CC(O)c2ccc(F)c(F)c2F)c1. The first-order valence-corrected chi connectivity index (χ1v) is 6.87. The van der Waals surface area contributed by atoms with Gasteiger partial charge in [0.05, 0.1) is 13.2 Å². The Morgan fingerprint density at radius 1 is 1.14 bits per heavy atom. The second kappa shape index (κ2) is 6.49. The lowest BCUT2D eigenvalue weighted by molar-refractivity contribution is 0.171. The molecule has 1 N–H and O–H groups in total. The summed E-state index contributed by atoms with van der Waals surface area (Å²) >= 11 is 3.31. The molecule has 0 spiro atoms. The third-order valence-electron chi connectivity index (χ3n) is 3.09. The number of benzene rings is 2. The summed E-state index contributed by atoms with van der Waals surface area (Å²) in [6.07, 6.45) is -1.27. The van der Waals surface area contributed by atoms with Gasteiger partial charge in [-0.3, -0.25) is 0 Å². The molecule has 1 unspecified atom stereocenters. The Labute approximate surface area is 128 Å². The van der Waals surface area contributed by atoms with E-state index in [9.17, 15) is 18.3 Å². The summed E-state index contributed by atoms with van der Waals surface area (Å²) < 4.78 is 45.5. The minimum Gasteiger partial charge on any atom is -0.497 e. The smallest absolute Gasteiger partial charge is 0.194 e. The molecule has 2 aromatic rings. The van der Waals surface area contributed by atoms with Gasteiger partial charge >= 0.3 is 0 Å². The maximum Gasteiger partial charge on any atom is 0.194 e. The molecular formula is C15H12BrF3O2. The second-order valence-electron chi connectivity index (χ2n) is 4.44. The van der Waals surface area contributed by atoms with E-state index < -0.39 is 23.6 Å². The fourth-order valence-electron chi connectivity index (χ4n) is 1.95. The van der Waals surface area contributed by atoms with Crippen LogP contribution in [0.2, 0.25) is 0 Å². The molecule has 2 nitrogen and oxygen atoms in total. The summed E-state index contributed by atoms with van der Waals surface area (Å²) in [5.74, 6) is -3.67. The van der Waals surface area contributed by atoms with E-state index in [1.54, 1.807) is 18.2 Å². The van der Waals surface area contributed by atoms with Crippen LogP contribution in [-0.2, 0) is 6.42 Å². The van der Waals surface area contributed by atoms with Gasteiger partial charge in [0.15, 0.2) is 17.5 Å². The van der Waals surface area contributed by atoms with Crippen LogP contribution in [0.15, 0.2) is 34.8 Å². The minimum absolute atomic E-state index is 0.0276. The van der Waals surface area contributed by atoms with Crippen LogP contribution in [0, 0.1) is 17.5 Å². The standard InChI is InChI=1S/C15H12BrF3O2/c1-21-9-2-4-11(16)8(6-9)7-13(20)10-3-5-12(17)15(19)14(10)18/h2-6,13,20H,7H2,1H3. The zero-order valence-electron chi connectivity index (χ0n) is 11.0. The van der Waals surface area contributed by atoms with Gasteiger partial charge in [-0.15, -0.1) is 0 Å². The Morgan fingerprint density at radius 2 is 1.86 bits per heavy atom.